The first-order valence-corrected chi connectivity index (χ1v) is 11.7. The highest BCUT2D eigenvalue weighted by Crippen LogP contribution is 2.28. The first-order chi connectivity index (χ1) is 16.3. The second kappa shape index (κ2) is 9.65. The van der Waals surface area contributed by atoms with Crippen molar-refractivity contribution >= 4 is 40.9 Å². The van der Waals surface area contributed by atoms with E-state index >= 15 is 0 Å². The van der Waals surface area contributed by atoms with Crippen LogP contribution in [0, 0.1) is 13.8 Å². The number of carbonyl (C=O) groups excluding carboxylic acids is 2. The van der Waals surface area contributed by atoms with E-state index in [0.29, 0.717) is 18.0 Å². The Morgan fingerprint density at radius 3 is 2.41 bits per heavy atom. The van der Waals surface area contributed by atoms with Crippen LogP contribution in [0.15, 0.2) is 60.2 Å². The van der Waals surface area contributed by atoms with Crippen LogP contribution in [0.1, 0.15) is 36.4 Å². The van der Waals surface area contributed by atoms with E-state index in [2.05, 4.69) is 28.9 Å². The molecule has 3 aromatic rings. The van der Waals surface area contributed by atoms with Crippen LogP contribution in [0.25, 0.3) is 11.8 Å². The summed E-state index contributed by atoms with van der Waals surface area (Å²) in [6.45, 7) is 8.59. The number of nitrogens with zero attached hydrogens (tertiary/aromatic N) is 2. The summed E-state index contributed by atoms with van der Waals surface area (Å²) < 4.78 is 7.64. The molecule has 7 heteroatoms. The SMILES string of the molecule is CCOc1ccc(N2C(=O)/C(=C/c3cc(C)n(-c4ccccc4CC)c3C)C(=O)NC2=S)cc1. The summed E-state index contributed by atoms with van der Waals surface area (Å²) in [5, 5.41) is 2.70. The zero-order chi connectivity index (χ0) is 24.4. The number of aromatic nitrogens is 1. The lowest BCUT2D eigenvalue weighted by atomic mass is 10.1. The van der Waals surface area contributed by atoms with Crippen LogP contribution < -0.4 is 15.0 Å². The average Bonchev–Trinajstić information content (AvgIpc) is 3.10. The number of carbonyl (C=O) groups is 2. The van der Waals surface area contributed by atoms with Crippen molar-refractivity contribution in [1.82, 2.24) is 9.88 Å². The zero-order valence-electron chi connectivity index (χ0n) is 19.7. The van der Waals surface area contributed by atoms with Crippen molar-refractivity contribution in [3.63, 3.8) is 0 Å². The second-order valence-corrected chi connectivity index (χ2v) is 8.42. The molecule has 0 atom stereocenters. The minimum absolute atomic E-state index is 0.0338. The Labute approximate surface area is 204 Å². The molecule has 2 aromatic carbocycles. The highest BCUT2D eigenvalue weighted by atomic mass is 32.1. The fourth-order valence-corrected chi connectivity index (χ4v) is 4.52. The van der Waals surface area contributed by atoms with Crippen LogP contribution in [0.3, 0.4) is 0 Å². The Balaban J connectivity index is 1.73. The third-order valence-electron chi connectivity index (χ3n) is 5.89. The fourth-order valence-electron chi connectivity index (χ4n) is 4.24. The minimum Gasteiger partial charge on any atom is -0.494 e. The van der Waals surface area contributed by atoms with Gasteiger partial charge in [0.1, 0.15) is 11.3 Å². The molecule has 2 heterocycles. The van der Waals surface area contributed by atoms with Gasteiger partial charge in [-0.2, -0.15) is 0 Å². The standard InChI is InChI=1S/C27H27N3O3S/c1-5-19-9-7-8-10-24(19)29-17(3)15-20(18(29)4)16-23-25(31)28-27(34)30(26(23)32)21-11-13-22(14-12-21)33-6-2/h7-16H,5-6H2,1-4H3,(H,28,31,34)/b23-16+. The number of hydrogen-bond donors (Lipinski definition) is 1. The first-order valence-electron chi connectivity index (χ1n) is 11.3. The van der Waals surface area contributed by atoms with Gasteiger partial charge in [0.15, 0.2) is 5.11 Å². The van der Waals surface area contributed by atoms with Gasteiger partial charge in [-0.25, -0.2) is 0 Å². The number of benzene rings is 2. The summed E-state index contributed by atoms with van der Waals surface area (Å²) in [5.41, 5.74) is 5.70. The lowest BCUT2D eigenvalue weighted by Crippen LogP contribution is -2.54. The molecule has 0 saturated carbocycles. The van der Waals surface area contributed by atoms with E-state index in [4.69, 9.17) is 17.0 Å². The van der Waals surface area contributed by atoms with Crippen LogP contribution in [0.5, 0.6) is 5.75 Å². The Bertz CT molecular complexity index is 1310. The summed E-state index contributed by atoms with van der Waals surface area (Å²) >= 11 is 5.32. The summed E-state index contributed by atoms with van der Waals surface area (Å²) in [5.74, 6) is -0.270. The van der Waals surface area contributed by atoms with Gasteiger partial charge in [0, 0.05) is 17.1 Å². The van der Waals surface area contributed by atoms with E-state index in [-0.39, 0.29) is 10.7 Å². The van der Waals surface area contributed by atoms with E-state index in [1.807, 2.05) is 39.0 Å². The van der Waals surface area contributed by atoms with Crippen LogP contribution in [0.4, 0.5) is 5.69 Å². The third-order valence-corrected chi connectivity index (χ3v) is 6.18. The van der Waals surface area contributed by atoms with Crippen molar-refractivity contribution in [2.45, 2.75) is 34.1 Å². The van der Waals surface area contributed by atoms with Crippen LogP contribution in [-0.4, -0.2) is 28.1 Å². The molecular formula is C27H27N3O3S. The number of para-hydroxylation sites is 1. The van der Waals surface area contributed by atoms with Gasteiger partial charge in [-0.3, -0.25) is 19.8 Å². The number of aryl methyl sites for hydroxylation is 2. The molecule has 0 spiro atoms. The number of hydrogen-bond acceptors (Lipinski definition) is 4. The van der Waals surface area contributed by atoms with Crippen LogP contribution in [-0.2, 0) is 16.0 Å². The maximum atomic E-state index is 13.4. The van der Waals surface area contributed by atoms with Gasteiger partial charge in [0.25, 0.3) is 11.8 Å². The largest absolute Gasteiger partial charge is 0.494 e. The molecular weight excluding hydrogens is 446 g/mol. The molecule has 2 amide bonds. The Kier molecular flexibility index (Phi) is 6.65. The molecule has 174 valence electrons. The van der Waals surface area contributed by atoms with Crippen molar-refractivity contribution in [2.24, 2.45) is 0 Å². The Morgan fingerprint density at radius 1 is 1.03 bits per heavy atom. The van der Waals surface area contributed by atoms with E-state index < -0.39 is 11.8 Å². The highest BCUT2D eigenvalue weighted by Gasteiger charge is 2.34. The smallest absolute Gasteiger partial charge is 0.270 e. The van der Waals surface area contributed by atoms with Gasteiger partial charge in [0.05, 0.1) is 12.3 Å². The van der Waals surface area contributed by atoms with E-state index in [1.54, 1.807) is 30.3 Å². The lowest BCUT2D eigenvalue weighted by molar-refractivity contribution is -0.122. The monoisotopic (exact) mass is 473 g/mol. The number of amides is 2. The number of nitrogens with one attached hydrogen (secondary N) is 1. The summed E-state index contributed by atoms with van der Waals surface area (Å²) in [7, 11) is 0. The summed E-state index contributed by atoms with van der Waals surface area (Å²) in [6.07, 6.45) is 2.55. The fraction of sp³-hybridized carbons (Fsp3) is 0.222. The van der Waals surface area contributed by atoms with Crippen molar-refractivity contribution in [3.05, 3.63) is 82.7 Å². The lowest BCUT2D eigenvalue weighted by Gasteiger charge is -2.29. The zero-order valence-corrected chi connectivity index (χ0v) is 20.5. The van der Waals surface area contributed by atoms with Crippen molar-refractivity contribution in [2.75, 3.05) is 11.5 Å². The van der Waals surface area contributed by atoms with E-state index in [0.717, 1.165) is 29.1 Å². The van der Waals surface area contributed by atoms with Crippen molar-refractivity contribution < 1.29 is 14.3 Å². The molecule has 1 saturated heterocycles. The Morgan fingerprint density at radius 2 is 1.74 bits per heavy atom. The maximum Gasteiger partial charge on any atom is 0.270 e. The summed E-state index contributed by atoms with van der Waals surface area (Å²) in [6, 6.07) is 17.3. The predicted molar refractivity (Wildman–Crippen MR) is 138 cm³/mol. The third kappa shape index (κ3) is 4.26. The summed E-state index contributed by atoms with van der Waals surface area (Å²) in [4.78, 5) is 27.5. The predicted octanol–water partition coefficient (Wildman–Crippen LogP) is 4.89. The van der Waals surface area contributed by atoms with Gasteiger partial charge in [-0.15, -0.1) is 0 Å². The molecule has 0 bridgehead atoms. The number of rotatable bonds is 6. The van der Waals surface area contributed by atoms with Crippen molar-refractivity contribution in [1.29, 1.82) is 0 Å². The average molecular weight is 474 g/mol. The molecule has 0 aliphatic carbocycles. The highest BCUT2D eigenvalue weighted by molar-refractivity contribution is 7.80. The molecule has 1 aliphatic heterocycles. The first kappa shape index (κ1) is 23.4. The molecule has 1 aromatic heterocycles. The van der Waals surface area contributed by atoms with Gasteiger partial charge >= 0.3 is 0 Å². The van der Waals surface area contributed by atoms with E-state index in [1.165, 1.54) is 10.5 Å². The normalized spacial score (nSPS) is 15.1. The molecule has 0 unspecified atom stereocenters. The molecule has 4 rings (SSSR count). The van der Waals surface area contributed by atoms with Gasteiger partial charge in [-0.1, -0.05) is 25.1 Å². The molecule has 0 radical (unpaired) electrons. The maximum absolute atomic E-state index is 13.4. The number of ether oxygens (including phenoxy) is 1. The quantitative estimate of drug-likeness (QED) is 0.315. The molecule has 1 aliphatic rings. The van der Waals surface area contributed by atoms with Gasteiger partial charge in [0.2, 0.25) is 0 Å². The molecule has 34 heavy (non-hydrogen) atoms. The topological polar surface area (TPSA) is 63.6 Å². The number of anilines is 1. The Hall–Kier alpha value is -3.71. The van der Waals surface area contributed by atoms with Crippen molar-refractivity contribution in [3.8, 4) is 11.4 Å². The molecule has 1 N–H and O–H groups in total. The van der Waals surface area contributed by atoms with Crippen LogP contribution in [0.2, 0.25) is 0 Å². The van der Waals surface area contributed by atoms with E-state index in [9.17, 15) is 9.59 Å². The molecule has 6 nitrogen and oxygen atoms in total. The van der Waals surface area contributed by atoms with Gasteiger partial charge in [-0.05, 0) is 93.0 Å². The van der Waals surface area contributed by atoms with Crippen LogP contribution >= 0.6 is 12.2 Å². The van der Waals surface area contributed by atoms with Gasteiger partial charge < -0.3 is 9.30 Å². The minimum atomic E-state index is -0.504. The second-order valence-electron chi connectivity index (χ2n) is 8.03. The number of thiocarbonyl (C=S) groups is 1. The molecule has 1 fully saturated rings.